The van der Waals surface area contributed by atoms with E-state index in [4.69, 9.17) is 5.26 Å². The molecule has 1 saturated carbocycles. The summed E-state index contributed by atoms with van der Waals surface area (Å²) in [6, 6.07) is 6.14. The van der Waals surface area contributed by atoms with Crippen LogP contribution in [0, 0.1) is 28.6 Å². The highest BCUT2D eigenvalue weighted by Gasteiger charge is 2.62. The summed E-state index contributed by atoms with van der Waals surface area (Å²) in [5, 5.41) is 12.1. The largest absolute Gasteiger partial charge is 0.356 e. The van der Waals surface area contributed by atoms with E-state index in [0.29, 0.717) is 22.8 Å². The van der Waals surface area contributed by atoms with Crippen LogP contribution in [0.4, 0.5) is 10.6 Å². The Hall–Kier alpha value is -2.29. The average molecular weight is 339 g/mol. The SMILES string of the molecule is CC1(C)[C@@H]2CN(C(=O)NC3CCN(c4ccc(C#N)cn4)CC3)C[C@@H]21. The monoisotopic (exact) mass is 339 g/mol. The van der Waals surface area contributed by atoms with Crippen molar-refractivity contribution in [2.24, 2.45) is 17.3 Å². The molecule has 6 heteroatoms. The van der Waals surface area contributed by atoms with Crippen molar-refractivity contribution in [1.82, 2.24) is 15.2 Å². The number of pyridine rings is 1. The van der Waals surface area contributed by atoms with E-state index in [2.05, 4.69) is 35.1 Å². The Labute approximate surface area is 148 Å². The third kappa shape index (κ3) is 2.92. The number of anilines is 1. The Kier molecular flexibility index (Phi) is 3.82. The summed E-state index contributed by atoms with van der Waals surface area (Å²) >= 11 is 0. The van der Waals surface area contributed by atoms with Crippen LogP contribution in [0.15, 0.2) is 18.3 Å². The van der Waals surface area contributed by atoms with Gasteiger partial charge >= 0.3 is 6.03 Å². The minimum atomic E-state index is 0.109. The summed E-state index contributed by atoms with van der Waals surface area (Å²) in [6.45, 7) is 8.20. The molecule has 1 aromatic heterocycles. The Bertz CT molecular complexity index is 686. The Morgan fingerprint density at radius 2 is 1.96 bits per heavy atom. The van der Waals surface area contributed by atoms with E-state index in [1.807, 2.05) is 11.0 Å². The van der Waals surface area contributed by atoms with Crippen LogP contribution in [0.25, 0.3) is 0 Å². The topological polar surface area (TPSA) is 72.3 Å². The van der Waals surface area contributed by atoms with Gasteiger partial charge in [0, 0.05) is 38.4 Å². The Morgan fingerprint density at radius 1 is 1.28 bits per heavy atom. The van der Waals surface area contributed by atoms with Crippen molar-refractivity contribution in [2.45, 2.75) is 32.7 Å². The van der Waals surface area contributed by atoms with Gasteiger partial charge in [-0.15, -0.1) is 0 Å². The standard InChI is InChI=1S/C19H25N5O/c1-19(2)15-11-24(12-16(15)19)18(25)22-14-5-7-23(8-6-14)17-4-3-13(9-20)10-21-17/h3-4,10,14-16H,5-8,11-12H2,1-2H3,(H,22,25)/t15-,16+. The number of fused-ring (bicyclic) bond motifs is 1. The van der Waals surface area contributed by atoms with Crippen LogP contribution in [0.5, 0.6) is 0 Å². The first-order chi connectivity index (χ1) is 12.0. The number of rotatable bonds is 2. The number of hydrogen-bond donors (Lipinski definition) is 1. The van der Waals surface area contributed by atoms with Gasteiger partial charge in [0.05, 0.1) is 5.56 Å². The molecule has 1 N–H and O–H groups in total. The number of nitriles is 1. The van der Waals surface area contributed by atoms with E-state index in [1.54, 1.807) is 12.3 Å². The molecule has 1 aliphatic carbocycles. The number of likely N-dealkylation sites (tertiary alicyclic amines) is 1. The smallest absolute Gasteiger partial charge is 0.317 e. The van der Waals surface area contributed by atoms with Crippen molar-refractivity contribution in [2.75, 3.05) is 31.1 Å². The number of nitrogens with one attached hydrogen (secondary N) is 1. The summed E-state index contributed by atoms with van der Waals surface area (Å²) in [5.41, 5.74) is 1.02. The first kappa shape index (κ1) is 16.2. The van der Waals surface area contributed by atoms with Crippen molar-refractivity contribution in [1.29, 1.82) is 5.26 Å². The van der Waals surface area contributed by atoms with Gasteiger partial charge in [0.15, 0.2) is 0 Å². The lowest BCUT2D eigenvalue weighted by Gasteiger charge is -2.34. The second kappa shape index (κ2) is 5.91. The maximum Gasteiger partial charge on any atom is 0.317 e. The van der Waals surface area contributed by atoms with Gasteiger partial charge < -0.3 is 15.1 Å². The van der Waals surface area contributed by atoms with Crippen LogP contribution in [-0.4, -0.2) is 48.1 Å². The number of amides is 2. The molecule has 132 valence electrons. The van der Waals surface area contributed by atoms with E-state index in [9.17, 15) is 4.79 Å². The molecule has 0 unspecified atom stereocenters. The summed E-state index contributed by atoms with van der Waals surface area (Å²) in [5.74, 6) is 2.30. The van der Waals surface area contributed by atoms with Gasteiger partial charge in [-0.05, 0) is 42.2 Å². The van der Waals surface area contributed by atoms with Gasteiger partial charge in [0.1, 0.15) is 11.9 Å². The number of carbonyl (C=O) groups is 1. The van der Waals surface area contributed by atoms with E-state index >= 15 is 0 Å². The van der Waals surface area contributed by atoms with Crippen molar-refractivity contribution >= 4 is 11.8 Å². The van der Waals surface area contributed by atoms with Crippen molar-refractivity contribution in [3.63, 3.8) is 0 Å². The maximum atomic E-state index is 12.5. The molecular formula is C19H25N5O. The highest BCUT2D eigenvalue weighted by Crippen LogP contribution is 2.61. The lowest BCUT2D eigenvalue weighted by Crippen LogP contribution is -2.49. The van der Waals surface area contributed by atoms with Crippen molar-refractivity contribution in [3.8, 4) is 6.07 Å². The third-order valence-corrected chi connectivity index (χ3v) is 6.43. The van der Waals surface area contributed by atoms with Gasteiger partial charge in [-0.1, -0.05) is 13.8 Å². The van der Waals surface area contributed by atoms with Crippen LogP contribution in [0.1, 0.15) is 32.3 Å². The normalized spacial score (nSPS) is 27.6. The fourth-order valence-corrected chi connectivity index (χ4v) is 4.46. The van der Waals surface area contributed by atoms with Gasteiger partial charge in [-0.2, -0.15) is 5.26 Å². The summed E-state index contributed by atoms with van der Waals surface area (Å²) in [4.78, 5) is 21.0. The Morgan fingerprint density at radius 3 is 2.52 bits per heavy atom. The van der Waals surface area contributed by atoms with Crippen LogP contribution in [0.3, 0.4) is 0 Å². The summed E-state index contributed by atoms with van der Waals surface area (Å²) < 4.78 is 0. The average Bonchev–Trinajstić information content (AvgIpc) is 2.99. The van der Waals surface area contributed by atoms with Crippen LogP contribution in [-0.2, 0) is 0 Å². The second-order valence-electron chi connectivity index (χ2n) is 8.17. The third-order valence-electron chi connectivity index (χ3n) is 6.43. The maximum absolute atomic E-state index is 12.5. The number of aromatic nitrogens is 1. The molecule has 3 heterocycles. The van der Waals surface area contributed by atoms with Gasteiger partial charge in [0.2, 0.25) is 0 Å². The number of hydrogen-bond acceptors (Lipinski definition) is 4. The molecule has 1 aromatic rings. The molecule has 3 fully saturated rings. The number of nitrogens with zero attached hydrogens (tertiary/aromatic N) is 4. The molecule has 25 heavy (non-hydrogen) atoms. The van der Waals surface area contributed by atoms with Crippen molar-refractivity contribution < 1.29 is 4.79 Å². The lowest BCUT2D eigenvalue weighted by molar-refractivity contribution is 0.190. The van der Waals surface area contributed by atoms with E-state index in [-0.39, 0.29) is 12.1 Å². The fraction of sp³-hybridized carbons (Fsp3) is 0.632. The predicted molar refractivity (Wildman–Crippen MR) is 95.1 cm³/mol. The first-order valence-electron chi connectivity index (χ1n) is 9.15. The number of piperidine rings is 2. The first-order valence-corrected chi connectivity index (χ1v) is 9.15. The molecule has 4 rings (SSSR count). The molecule has 2 aliphatic heterocycles. The molecule has 6 nitrogen and oxygen atoms in total. The highest BCUT2D eigenvalue weighted by atomic mass is 16.2. The van der Waals surface area contributed by atoms with E-state index in [1.165, 1.54) is 0 Å². The minimum absolute atomic E-state index is 0.109. The molecule has 3 aliphatic rings. The van der Waals surface area contributed by atoms with E-state index < -0.39 is 0 Å². The molecule has 2 saturated heterocycles. The second-order valence-corrected chi connectivity index (χ2v) is 8.17. The molecule has 2 amide bonds. The van der Waals surface area contributed by atoms with Crippen LogP contribution < -0.4 is 10.2 Å². The van der Waals surface area contributed by atoms with E-state index in [0.717, 1.165) is 44.8 Å². The predicted octanol–water partition coefficient (Wildman–Crippen LogP) is 2.22. The molecule has 0 radical (unpaired) electrons. The van der Waals surface area contributed by atoms with Gasteiger partial charge in [0.25, 0.3) is 0 Å². The minimum Gasteiger partial charge on any atom is -0.356 e. The lowest BCUT2D eigenvalue weighted by atomic mass is 10.0. The molecular weight excluding hydrogens is 314 g/mol. The van der Waals surface area contributed by atoms with Crippen molar-refractivity contribution in [3.05, 3.63) is 23.9 Å². The zero-order chi connectivity index (χ0) is 17.6. The quantitative estimate of drug-likeness (QED) is 0.897. The number of carbonyl (C=O) groups excluding carboxylic acids is 1. The molecule has 2 atom stereocenters. The van der Waals surface area contributed by atoms with Crippen LogP contribution in [0.2, 0.25) is 0 Å². The molecule has 0 aromatic carbocycles. The zero-order valence-corrected chi connectivity index (χ0v) is 14.9. The molecule has 0 bridgehead atoms. The number of urea groups is 1. The molecule has 0 spiro atoms. The Balaban J connectivity index is 1.25. The zero-order valence-electron chi connectivity index (χ0n) is 14.9. The fourth-order valence-electron chi connectivity index (χ4n) is 4.46. The highest BCUT2D eigenvalue weighted by molar-refractivity contribution is 5.75. The summed E-state index contributed by atoms with van der Waals surface area (Å²) in [7, 11) is 0. The van der Waals surface area contributed by atoms with Crippen LogP contribution >= 0.6 is 0 Å². The summed E-state index contributed by atoms with van der Waals surface area (Å²) in [6.07, 6.45) is 3.47. The van der Waals surface area contributed by atoms with Gasteiger partial charge in [-0.3, -0.25) is 0 Å². The van der Waals surface area contributed by atoms with Gasteiger partial charge in [-0.25, -0.2) is 9.78 Å².